The van der Waals surface area contributed by atoms with E-state index in [9.17, 15) is 4.39 Å². The number of unbranched alkanes of at least 4 members (excludes halogenated alkanes) is 1. The first-order valence-electron chi connectivity index (χ1n) is 6.69. The van der Waals surface area contributed by atoms with E-state index in [1.54, 1.807) is 0 Å². The van der Waals surface area contributed by atoms with Crippen molar-refractivity contribution in [1.82, 2.24) is 9.88 Å². The van der Waals surface area contributed by atoms with Crippen molar-refractivity contribution in [3.63, 3.8) is 0 Å². The summed E-state index contributed by atoms with van der Waals surface area (Å²) in [6.45, 7) is 5.30. The molecular weight excluding hydrogens is 267 g/mol. The van der Waals surface area contributed by atoms with Crippen molar-refractivity contribution in [2.45, 2.75) is 12.8 Å². The van der Waals surface area contributed by atoms with Crippen LogP contribution >= 0.6 is 11.6 Å². The molecule has 1 fully saturated rings. The molecule has 1 aromatic heterocycles. The fourth-order valence-corrected chi connectivity index (χ4v) is 2.45. The van der Waals surface area contributed by atoms with E-state index >= 15 is 0 Å². The predicted octanol–water partition coefficient (Wildman–Crippen LogP) is 1.74. The minimum Gasteiger partial charge on any atom is -0.352 e. The first kappa shape index (κ1) is 14.5. The molecule has 0 unspecified atom stereocenters. The first-order chi connectivity index (χ1) is 9.20. The molecule has 0 bridgehead atoms. The van der Waals surface area contributed by atoms with Crippen LogP contribution in [-0.2, 0) is 0 Å². The highest BCUT2D eigenvalue weighted by molar-refractivity contribution is 6.30. The van der Waals surface area contributed by atoms with Crippen LogP contribution in [0.25, 0.3) is 0 Å². The lowest BCUT2D eigenvalue weighted by Gasteiger charge is -2.35. The summed E-state index contributed by atoms with van der Waals surface area (Å²) in [6, 6.07) is 1.32. The average Bonchev–Trinajstić information content (AvgIpc) is 2.40. The maximum atomic E-state index is 13.8. The number of aromatic nitrogens is 1. The van der Waals surface area contributed by atoms with Crippen LogP contribution in [0.2, 0.25) is 5.02 Å². The Balaban J connectivity index is 1.85. The van der Waals surface area contributed by atoms with E-state index in [1.807, 2.05) is 4.90 Å². The molecular formula is C13H20ClFN4. The number of nitrogens with zero attached hydrogens (tertiary/aromatic N) is 3. The van der Waals surface area contributed by atoms with Crippen LogP contribution in [0.4, 0.5) is 10.2 Å². The van der Waals surface area contributed by atoms with Gasteiger partial charge in [-0.05, 0) is 32.0 Å². The molecule has 2 rings (SSSR count). The average molecular weight is 287 g/mol. The Bertz CT molecular complexity index is 408. The Labute approximate surface area is 118 Å². The molecule has 0 atom stereocenters. The molecule has 0 aromatic carbocycles. The van der Waals surface area contributed by atoms with Crippen LogP contribution in [0.3, 0.4) is 0 Å². The Morgan fingerprint density at radius 1 is 1.26 bits per heavy atom. The van der Waals surface area contributed by atoms with Gasteiger partial charge in [0.05, 0.1) is 5.02 Å². The van der Waals surface area contributed by atoms with E-state index < -0.39 is 0 Å². The summed E-state index contributed by atoms with van der Waals surface area (Å²) < 4.78 is 13.8. The number of hydrogen-bond donors (Lipinski definition) is 1. The largest absolute Gasteiger partial charge is 0.352 e. The zero-order valence-corrected chi connectivity index (χ0v) is 11.7. The smallest absolute Gasteiger partial charge is 0.167 e. The van der Waals surface area contributed by atoms with Crippen molar-refractivity contribution >= 4 is 17.4 Å². The second-order valence-corrected chi connectivity index (χ2v) is 5.22. The standard InChI is InChI=1S/C13H20ClFN4/c14-11-9-12(15)13(17-10-11)19-7-5-18(6-8-19)4-2-1-3-16/h9-10H,1-8,16H2. The van der Waals surface area contributed by atoms with Gasteiger partial charge in [0, 0.05) is 32.4 Å². The molecule has 1 saturated heterocycles. The lowest BCUT2D eigenvalue weighted by molar-refractivity contribution is 0.252. The summed E-state index contributed by atoms with van der Waals surface area (Å²) in [4.78, 5) is 8.45. The maximum Gasteiger partial charge on any atom is 0.167 e. The molecule has 0 saturated carbocycles. The minimum absolute atomic E-state index is 0.335. The molecule has 0 spiro atoms. The minimum atomic E-state index is -0.343. The normalized spacial score (nSPS) is 16.9. The van der Waals surface area contributed by atoms with Gasteiger partial charge in [-0.15, -0.1) is 0 Å². The number of rotatable bonds is 5. The highest BCUT2D eigenvalue weighted by Crippen LogP contribution is 2.20. The number of anilines is 1. The van der Waals surface area contributed by atoms with Gasteiger partial charge in [0.25, 0.3) is 0 Å². The van der Waals surface area contributed by atoms with Crippen LogP contribution in [0, 0.1) is 5.82 Å². The molecule has 2 heterocycles. The second kappa shape index (κ2) is 7.03. The maximum absolute atomic E-state index is 13.8. The zero-order chi connectivity index (χ0) is 13.7. The van der Waals surface area contributed by atoms with E-state index in [2.05, 4.69) is 9.88 Å². The third kappa shape index (κ3) is 4.03. The highest BCUT2D eigenvalue weighted by atomic mass is 35.5. The van der Waals surface area contributed by atoms with Gasteiger partial charge in [0.2, 0.25) is 0 Å². The monoisotopic (exact) mass is 286 g/mol. The van der Waals surface area contributed by atoms with Gasteiger partial charge in [0.1, 0.15) is 0 Å². The number of pyridine rings is 1. The Hall–Kier alpha value is -0.910. The lowest BCUT2D eigenvalue weighted by Crippen LogP contribution is -2.47. The van der Waals surface area contributed by atoms with Gasteiger partial charge in [-0.25, -0.2) is 9.37 Å². The zero-order valence-electron chi connectivity index (χ0n) is 11.0. The van der Waals surface area contributed by atoms with Crippen molar-refractivity contribution < 1.29 is 4.39 Å². The molecule has 1 aromatic rings. The third-order valence-electron chi connectivity index (χ3n) is 3.39. The Morgan fingerprint density at radius 3 is 2.63 bits per heavy atom. The molecule has 4 nitrogen and oxygen atoms in total. The molecule has 0 amide bonds. The van der Waals surface area contributed by atoms with Crippen LogP contribution in [-0.4, -0.2) is 49.2 Å². The van der Waals surface area contributed by atoms with Gasteiger partial charge in [0.15, 0.2) is 11.6 Å². The second-order valence-electron chi connectivity index (χ2n) is 4.78. The van der Waals surface area contributed by atoms with E-state index in [0.29, 0.717) is 10.8 Å². The van der Waals surface area contributed by atoms with Crippen LogP contribution in [0.15, 0.2) is 12.3 Å². The van der Waals surface area contributed by atoms with E-state index in [1.165, 1.54) is 12.3 Å². The summed E-state index contributed by atoms with van der Waals surface area (Å²) in [5.74, 6) is 0.0649. The molecule has 1 aliphatic heterocycles. The number of hydrogen-bond acceptors (Lipinski definition) is 4. The third-order valence-corrected chi connectivity index (χ3v) is 3.60. The Morgan fingerprint density at radius 2 is 2.00 bits per heavy atom. The van der Waals surface area contributed by atoms with Gasteiger partial charge in [-0.3, -0.25) is 4.90 Å². The SMILES string of the molecule is NCCCCN1CCN(c2ncc(Cl)cc2F)CC1. The molecule has 2 N–H and O–H groups in total. The molecule has 0 radical (unpaired) electrons. The fourth-order valence-electron chi connectivity index (χ4n) is 2.30. The predicted molar refractivity (Wildman–Crippen MR) is 76.1 cm³/mol. The van der Waals surface area contributed by atoms with Crippen LogP contribution in [0.1, 0.15) is 12.8 Å². The van der Waals surface area contributed by atoms with E-state index in [4.69, 9.17) is 17.3 Å². The number of nitrogens with two attached hydrogens (primary N) is 1. The van der Waals surface area contributed by atoms with Crippen LogP contribution < -0.4 is 10.6 Å². The van der Waals surface area contributed by atoms with E-state index in [-0.39, 0.29) is 5.82 Å². The topological polar surface area (TPSA) is 45.4 Å². The first-order valence-corrected chi connectivity index (χ1v) is 7.07. The van der Waals surface area contributed by atoms with Crippen LogP contribution in [0.5, 0.6) is 0 Å². The van der Waals surface area contributed by atoms with Gasteiger partial charge < -0.3 is 10.6 Å². The fraction of sp³-hybridized carbons (Fsp3) is 0.615. The van der Waals surface area contributed by atoms with Crippen molar-refractivity contribution in [3.05, 3.63) is 23.1 Å². The summed E-state index contributed by atoms with van der Waals surface area (Å²) in [5, 5.41) is 0.335. The summed E-state index contributed by atoms with van der Waals surface area (Å²) >= 11 is 5.71. The molecule has 0 aliphatic carbocycles. The lowest BCUT2D eigenvalue weighted by atomic mass is 10.2. The van der Waals surface area contributed by atoms with Gasteiger partial charge in [-0.2, -0.15) is 0 Å². The quantitative estimate of drug-likeness (QED) is 0.838. The van der Waals surface area contributed by atoms with Crippen molar-refractivity contribution in [2.75, 3.05) is 44.2 Å². The van der Waals surface area contributed by atoms with Crippen molar-refractivity contribution in [2.24, 2.45) is 5.73 Å². The highest BCUT2D eigenvalue weighted by Gasteiger charge is 2.20. The summed E-state index contributed by atoms with van der Waals surface area (Å²) in [7, 11) is 0. The van der Waals surface area contributed by atoms with Gasteiger partial charge >= 0.3 is 0 Å². The molecule has 106 valence electrons. The molecule has 1 aliphatic rings. The molecule has 19 heavy (non-hydrogen) atoms. The number of piperazine rings is 1. The Kier molecular flexibility index (Phi) is 5.36. The van der Waals surface area contributed by atoms with Crippen molar-refractivity contribution in [1.29, 1.82) is 0 Å². The summed E-state index contributed by atoms with van der Waals surface area (Å²) in [5.41, 5.74) is 5.48. The van der Waals surface area contributed by atoms with Gasteiger partial charge in [-0.1, -0.05) is 11.6 Å². The number of halogens is 2. The van der Waals surface area contributed by atoms with Crippen molar-refractivity contribution in [3.8, 4) is 0 Å². The van der Waals surface area contributed by atoms with E-state index in [0.717, 1.165) is 52.1 Å². The summed E-state index contributed by atoms with van der Waals surface area (Å²) in [6.07, 6.45) is 3.69. The molecule has 6 heteroatoms.